The van der Waals surface area contributed by atoms with Crippen LogP contribution in [0.1, 0.15) is 0 Å². The lowest BCUT2D eigenvalue weighted by Gasteiger charge is -2.04. The SMILES string of the molecule is Fc1cc(Br)cnc1Oc1cccnc1. The van der Waals surface area contributed by atoms with Crippen LogP contribution in [0.25, 0.3) is 0 Å². The van der Waals surface area contributed by atoms with Crippen LogP contribution in [0.3, 0.4) is 0 Å². The number of hydrogen-bond acceptors (Lipinski definition) is 3. The van der Waals surface area contributed by atoms with E-state index < -0.39 is 5.82 Å². The molecule has 3 nitrogen and oxygen atoms in total. The lowest BCUT2D eigenvalue weighted by atomic mass is 10.4. The molecule has 2 heterocycles. The molecule has 0 aliphatic rings. The molecule has 0 fully saturated rings. The summed E-state index contributed by atoms with van der Waals surface area (Å²) in [6.07, 6.45) is 4.57. The van der Waals surface area contributed by atoms with Crippen LogP contribution < -0.4 is 4.74 Å². The second-order valence-corrected chi connectivity index (χ2v) is 3.65. The highest BCUT2D eigenvalue weighted by Crippen LogP contribution is 2.23. The molecular weight excluding hydrogens is 263 g/mol. The van der Waals surface area contributed by atoms with Crippen molar-refractivity contribution in [2.24, 2.45) is 0 Å². The number of nitrogens with zero attached hydrogens (tertiary/aromatic N) is 2. The largest absolute Gasteiger partial charge is 0.435 e. The Hall–Kier alpha value is -1.49. The van der Waals surface area contributed by atoms with Gasteiger partial charge in [0, 0.05) is 16.9 Å². The van der Waals surface area contributed by atoms with Crippen LogP contribution in [0.4, 0.5) is 4.39 Å². The van der Waals surface area contributed by atoms with E-state index in [2.05, 4.69) is 25.9 Å². The first kappa shape index (κ1) is 10.0. The number of halogens is 2. The number of rotatable bonds is 2. The number of aromatic nitrogens is 2. The summed E-state index contributed by atoms with van der Waals surface area (Å²) in [4.78, 5) is 7.64. The van der Waals surface area contributed by atoms with E-state index in [1.807, 2.05) is 0 Å². The van der Waals surface area contributed by atoms with Gasteiger partial charge in [-0.1, -0.05) is 0 Å². The smallest absolute Gasteiger partial charge is 0.256 e. The molecule has 0 radical (unpaired) electrons. The van der Waals surface area contributed by atoms with E-state index in [1.165, 1.54) is 18.5 Å². The van der Waals surface area contributed by atoms with Crippen LogP contribution in [0.15, 0.2) is 41.3 Å². The number of hydrogen-bond donors (Lipinski definition) is 0. The summed E-state index contributed by atoms with van der Waals surface area (Å²) < 4.78 is 19.1. The minimum Gasteiger partial charge on any atom is -0.435 e. The van der Waals surface area contributed by atoms with Gasteiger partial charge in [0.1, 0.15) is 5.75 Å². The van der Waals surface area contributed by atoms with E-state index in [0.29, 0.717) is 10.2 Å². The summed E-state index contributed by atoms with van der Waals surface area (Å²) in [6, 6.07) is 4.67. The van der Waals surface area contributed by atoms with Crippen molar-refractivity contribution in [1.82, 2.24) is 9.97 Å². The minimum atomic E-state index is -0.520. The van der Waals surface area contributed by atoms with Crippen molar-refractivity contribution in [3.63, 3.8) is 0 Å². The third-order valence-electron chi connectivity index (χ3n) is 1.62. The highest BCUT2D eigenvalue weighted by Gasteiger charge is 2.06. The Bertz CT molecular complexity index is 464. The van der Waals surface area contributed by atoms with Crippen molar-refractivity contribution in [3.8, 4) is 11.6 Å². The molecule has 0 spiro atoms. The summed E-state index contributed by atoms with van der Waals surface area (Å²) >= 11 is 3.11. The van der Waals surface area contributed by atoms with Crippen molar-refractivity contribution in [2.75, 3.05) is 0 Å². The Morgan fingerprint density at radius 2 is 2.20 bits per heavy atom. The molecule has 0 aliphatic carbocycles. The summed E-state index contributed by atoms with van der Waals surface area (Å²) in [5.74, 6) is -0.134. The molecule has 0 saturated heterocycles. The van der Waals surface area contributed by atoms with Gasteiger partial charge in [0.05, 0.1) is 6.20 Å². The van der Waals surface area contributed by atoms with Gasteiger partial charge in [0.15, 0.2) is 5.82 Å². The fraction of sp³-hybridized carbons (Fsp3) is 0. The van der Waals surface area contributed by atoms with Crippen LogP contribution in [0.5, 0.6) is 11.6 Å². The lowest BCUT2D eigenvalue weighted by molar-refractivity contribution is 0.421. The summed E-state index contributed by atoms with van der Waals surface area (Å²) in [6.45, 7) is 0. The van der Waals surface area contributed by atoms with Crippen LogP contribution in [0, 0.1) is 5.82 Å². The van der Waals surface area contributed by atoms with Crippen molar-refractivity contribution in [2.45, 2.75) is 0 Å². The zero-order valence-corrected chi connectivity index (χ0v) is 9.11. The Labute approximate surface area is 94.1 Å². The molecule has 15 heavy (non-hydrogen) atoms. The summed E-state index contributed by atoms with van der Waals surface area (Å²) in [5.41, 5.74) is 0. The van der Waals surface area contributed by atoms with Gasteiger partial charge >= 0.3 is 0 Å². The molecule has 0 aromatic carbocycles. The maximum Gasteiger partial charge on any atom is 0.256 e. The van der Waals surface area contributed by atoms with E-state index >= 15 is 0 Å². The molecule has 2 aromatic heterocycles. The Morgan fingerprint density at radius 3 is 2.87 bits per heavy atom. The monoisotopic (exact) mass is 268 g/mol. The average Bonchev–Trinajstić information content (AvgIpc) is 2.24. The predicted molar refractivity (Wildman–Crippen MR) is 56.2 cm³/mol. The average molecular weight is 269 g/mol. The second-order valence-electron chi connectivity index (χ2n) is 2.73. The van der Waals surface area contributed by atoms with E-state index in [9.17, 15) is 4.39 Å². The van der Waals surface area contributed by atoms with Crippen molar-refractivity contribution in [3.05, 3.63) is 47.1 Å². The Morgan fingerprint density at radius 1 is 1.33 bits per heavy atom. The normalized spacial score (nSPS) is 10.0. The van der Waals surface area contributed by atoms with Gasteiger partial charge in [0.25, 0.3) is 5.88 Å². The molecule has 0 bridgehead atoms. The van der Waals surface area contributed by atoms with Crippen molar-refractivity contribution in [1.29, 1.82) is 0 Å². The first-order valence-corrected chi connectivity index (χ1v) is 4.94. The molecule has 2 aromatic rings. The van der Waals surface area contributed by atoms with E-state index in [0.717, 1.165) is 0 Å². The van der Waals surface area contributed by atoms with E-state index in [-0.39, 0.29) is 5.88 Å². The topological polar surface area (TPSA) is 35.0 Å². The van der Waals surface area contributed by atoms with Crippen LogP contribution >= 0.6 is 15.9 Å². The van der Waals surface area contributed by atoms with Gasteiger partial charge in [0.2, 0.25) is 0 Å². The Kier molecular flexibility index (Phi) is 2.91. The molecular formula is C10H6BrFN2O. The molecule has 5 heteroatoms. The molecule has 76 valence electrons. The summed E-state index contributed by atoms with van der Waals surface area (Å²) in [7, 11) is 0. The molecule has 0 unspecified atom stereocenters. The predicted octanol–water partition coefficient (Wildman–Crippen LogP) is 3.17. The van der Waals surface area contributed by atoms with Gasteiger partial charge in [-0.3, -0.25) is 4.98 Å². The molecule has 0 saturated carbocycles. The maximum atomic E-state index is 13.3. The summed E-state index contributed by atoms with van der Waals surface area (Å²) in [5, 5.41) is 0. The lowest BCUT2D eigenvalue weighted by Crippen LogP contribution is -1.91. The molecule has 2 rings (SSSR count). The van der Waals surface area contributed by atoms with Gasteiger partial charge in [-0.2, -0.15) is 0 Å². The highest BCUT2D eigenvalue weighted by atomic mass is 79.9. The minimum absolute atomic E-state index is 0.0637. The standard InChI is InChI=1S/C10H6BrFN2O/c11-7-4-9(12)10(14-5-7)15-8-2-1-3-13-6-8/h1-6H. The van der Waals surface area contributed by atoms with E-state index in [4.69, 9.17) is 4.74 Å². The van der Waals surface area contributed by atoms with Crippen LogP contribution in [-0.4, -0.2) is 9.97 Å². The van der Waals surface area contributed by atoms with Gasteiger partial charge in [-0.15, -0.1) is 0 Å². The number of pyridine rings is 2. The van der Waals surface area contributed by atoms with Crippen LogP contribution in [-0.2, 0) is 0 Å². The fourth-order valence-electron chi connectivity index (χ4n) is 0.996. The molecule has 0 N–H and O–H groups in total. The quantitative estimate of drug-likeness (QED) is 0.839. The molecule has 0 amide bonds. The van der Waals surface area contributed by atoms with Crippen molar-refractivity contribution < 1.29 is 9.13 Å². The maximum absolute atomic E-state index is 13.3. The van der Waals surface area contributed by atoms with Crippen LogP contribution in [0.2, 0.25) is 0 Å². The highest BCUT2D eigenvalue weighted by molar-refractivity contribution is 9.10. The van der Waals surface area contributed by atoms with E-state index in [1.54, 1.807) is 18.3 Å². The van der Waals surface area contributed by atoms with Gasteiger partial charge in [-0.05, 0) is 34.1 Å². The fourth-order valence-corrected chi connectivity index (χ4v) is 1.30. The zero-order valence-electron chi connectivity index (χ0n) is 7.52. The molecule has 0 atom stereocenters. The van der Waals surface area contributed by atoms with Gasteiger partial charge in [-0.25, -0.2) is 9.37 Å². The zero-order chi connectivity index (χ0) is 10.7. The first-order valence-electron chi connectivity index (χ1n) is 4.14. The first-order chi connectivity index (χ1) is 7.25. The number of ether oxygens (including phenoxy) is 1. The Balaban J connectivity index is 2.25. The molecule has 0 aliphatic heterocycles. The van der Waals surface area contributed by atoms with Crippen molar-refractivity contribution >= 4 is 15.9 Å². The third-order valence-corrected chi connectivity index (χ3v) is 2.06. The van der Waals surface area contributed by atoms with Gasteiger partial charge < -0.3 is 4.74 Å². The second kappa shape index (κ2) is 4.35. The third kappa shape index (κ3) is 2.50.